The summed E-state index contributed by atoms with van der Waals surface area (Å²) in [6.07, 6.45) is 5.67. The summed E-state index contributed by atoms with van der Waals surface area (Å²) in [5.41, 5.74) is 6.36. The van der Waals surface area contributed by atoms with E-state index in [1.165, 1.54) is 0 Å². The molecular formula is C14H25N5. The molecule has 2 heterocycles. The van der Waals surface area contributed by atoms with Gasteiger partial charge >= 0.3 is 0 Å². The first-order valence-corrected chi connectivity index (χ1v) is 7.20. The maximum atomic E-state index is 6.39. The van der Waals surface area contributed by atoms with Gasteiger partial charge in [-0.3, -0.25) is 4.90 Å². The van der Waals surface area contributed by atoms with Crippen molar-refractivity contribution < 1.29 is 0 Å². The fourth-order valence-corrected chi connectivity index (χ4v) is 2.48. The Morgan fingerprint density at radius 3 is 2.21 bits per heavy atom. The zero-order valence-corrected chi connectivity index (χ0v) is 12.0. The van der Waals surface area contributed by atoms with Gasteiger partial charge in [-0.25, -0.2) is 9.97 Å². The van der Waals surface area contributed by atoms with Crippen LogP contribution in [0.1, 0.15) is 26.7 Å². The zero-order chi connectivity index (χ0) is 13.7. The summed E-state index contributed by atoms with van der Waals surface area (Å²) < 4.78 is 0. The van der Waals surface area contributed by atoms with E-state index in [9.17, 15) is 0 Å². The van der Waals surface area contributed by atoms with Crippen LogP contribution < -0.4 is 10.6 Å². The van der Waals surface area contributed by atoms with Crippen LogP contribution in [0, 0.1) is 0 Å². The molecule has 2 rings (SSSR count). The highest BCUT2D eigenvalue weighted by Gasteiger charge is 2.26. The molecule has 106 valence electrons. The number of nitrogens with zero attached hydrogens (tertiary/aromatic N) is 4. The van der Waals surface area contributed by atoms with E-state index < -0.39 is 0 Å². The van der Waals surface area contributed by atoms with Crippen molar-refractivity contribution in [3.63, 3.8) is 0 Å². The van der Waals surface area contributed by atoms with Crippen molar-refractivity contribution in [2.24, 2.45) is 5.73 Å². The molecule has 0 bridgehead atoms. The molecule has 0 aromatic carbocycles. The molecule has 19 heavy (non-hydrogen) atoms. The van der Waals surface area contributed by atoms with E-state index in [0.717, 1.165) is 51.5 Å². The maximum absolute atomic E-state index is 6.39. The van der Waals surface area contributed by atoms with Crippen LogP contribution >= 0.6 is 0 Å². The van der Waals surface area contributed by atoms with Gasteiger partial charge in [-0.2, -0.15) is 0 Å². The van der Waals surface area contributed by atoms with Crippen LogP contribution in [0.4, 0.5) is 5.95 Å². The summed E-state index contributed by atoms with van der Waals surface area (Å²) >= 11 is 0. The highest BCUT2D eigenvalue weighted by atomic mass is 15.3. The first-order chi connectivity index (χ1) is 9.17. The van der Waals surface area contributed by atoms with Gasteiger partial charge in [0.25, 0.3) is 0 Å². The van der Waals surface area contributed by atoms with Crippen molar-refractivity contribution in [2.75, 3.05) is 37.6 Å². The Labute approximate surface area is 115 Å². The number of hydrogen-bond donors (Lipinski definition) is 1. The van der Waals surface area contributed by atoms with Gasteiger partial charge in [0.1, 0.15) is 0 Å². The van der Waals surface area contributed by atoms with Crippen LogP contribution in [-0.2, 0) is 0 Å². The Morgan fingerprint density at radius 2 is 1.68 bits per heavy atom. The summed E-state index contributed by atoms with van der Waals surface area (Å²) in [6.45, 7) is 9.38. The van der Waals surface area contributed by atoms with Crippen molar-refractivity contribution in [2.45, 2.75) is 32.2 Å². The van der Waals surface area contributed by atoms with Crippen molar-refractivity contribution in [3.8, 4) is 0 Å². The summed E-state index contributed by atoms with van der Waals surface area (Å²) in [7, 11) is 0. The topological polar surface area (TPSA) is 58.3 Å². The van der Waals surface area contributed by atoms with Gasteiger partial charge in [0.15, 0.2) is 0 Å². The zero-order valence-electron chi connectivity index (χ0n) is 12.0. The lowest BCUT2D eigenvalue weighted by Crippen LogP contribution is -2.55. The number of aromatic nitrogens is 2. The monoisotopic (exact) mass is 263 g/mol. The minimum atomic E-state index is -0.0363. The summed E-state index contributed by atoms with van der Waals surface area (Å²) in [5, 5.41) is 0. The van der Waals surface area contributed by atoms with E-state index in [-0.39, 0.29) is 5.54 Å². The number of nitrogens with two attached hydrogens (primary N) is 1. The maximum Gasteiger partial charge on any atom is 0.225 e. The van der Waals surface area contributed by atoms with E-state index in [1.54, 1.807) is 12.4 Å². The normalized spacial score (nSPS) is 17.7. The van der Waals surface area contributed by atoms with Crippen LogP contribution in [-0.4, -0.2) is 53.1 Å². The Balaban J connectivity index is 1.86. The molecule has 1 saturated heterocycles. The largest absolute Gasteiger partial charge is 0.338 e. The SMILES string of the molecule is CCC(N)(CC)CN1CCN(c2ncccn2)CC1. The number of rotatable bonds is 5. The number of piperazine rings is 1. The van der Waals surface area contributed by atoms with Crippen molar-refractivity contribution in [3.05, 3.63) is 18.5 Å². The van der Waals surface area contributed by atoms with Gasteiger partial charge in [0.2, 0.25) is 5.95 Å². The first-order valence-electron chi connectivity index (χ1n) is 7.20. The Morgan fingerprint density at radius 1 is 1.11 bits per heavy atom. The molecule has 1 aromatic rings. The molecule has 1 aliphatic heterocycles. The smallest absolute Gasteiger partial charge is 0.225 e. The second kappa shape index (κ2) is 6.30. The Hall–Kier alpha value is -1.20. The molecule has 0 atom stereocenters. The van der Waals surface area contributed by atoms with Gasteiger partial charge in [-0.1, -0.05) is 13.8 Å². The predicted octanol–water partition coefficient (Wildman–Crippen LogP) is 1.12. The fourth-order valence-electron chi connectivity index (χ4n) is 2.48. The molecule has 0 unspecified atom stereocenters. The summed E-state index contributed by atoms with van der Waals surface area (Å²) in [4.78, 5) is 13.3. The van der Waals surface area contributed by atoms with E-state index in [1.807, 2.05) is 6.07 Å². The molecule has 5 heteroatoms. The third-order valence-corrected chi connectivity index (χ3v) is 4.15. The average molecular weight is 263 g/mol. The molecule has 5 nitrogen and oxygen atoms in total. The van der Waals surface area contributed by atoms with Crippen molar-refractivity contribution >= 4 is 5.95 Å². The standard InChI is InChI=1S/C14H25N5/c1-3-14(15,4-2)12-18-8-10-19(11-9-18)13-16-6-5-7-17-13/h5-7H,3-4,8-12,15H2,1-2H3. The van der Waals surface area contributed by atoms with Crippen LogP contribution in [0.3, 0.4) is 0 Å². The second-order valence-electron chi connectivity index (χ2n) is 5.38. The Kier molecular flexibility index (Phi) is 4.71. The average Bonchev–Trinajstić information content (AvgIpc) is 2.49. The summed E-state index contributed by atoms with van der Waals surface area (Å²) in [6, 6.07) is 1.85. The highest BCUT2D eigenvalue weighted by molar-refractivity contribution is 5.29. The van der Waals surface area contributed by atoms with Crippen molar-refractivity contribution in [1.29, 1.82) is 0 Å². The van der Waals surface area contributed by atoms with E-state index in [4.69, 9.17) is 5.73 Å². The molecule has 0 saturated carbocycles. The van der Waals surface area contributed by atoms with Crippen LogP contribution in [0.25, 0.3) is 0 Å². The van der Waals surface area contributed by atoms with Gasteiger partial charge in [-0.15, -0.1) is 0 Å². The van der Waals surface area contributed by atoms with Crippen LogP contribution in [0.15, 0.2) is 18.5 Å². The lowest BCUT2D eigenvalue weighted by molar-refractivity contribution is 0.189. The van der Waals surface area contributed by atoms with E-state index in [2.05, 4.69) is 33.6 Å². The van der Waals surface area contributed by atoms with Gasteiger partial charge in [0.05, 0.1) is 0 Å². The summed E-state index contributed by atoms with van der Waals surface area (Å²) in [5.74, 6) is 0.840. The molecule has 1 fully saturated rings. The minimum Gasteiger partial charge on any atom is -0.338 e. The minimum absolute atomic E-state index is 0.0363. The highest BCUT2D eigenvalue weighted by Crippen LogP contribution is 2.16. The molecular weight excluding hydrogens is 238 g/mol. The fraction of sp³-hybridized carbons (Fsp3) is 0.714. The van der Waals surface area contributed by atoms with Gasteiger partial charge in [-0.05, 0) is 18.9 Å². The molecule has 1 aliphatic rings. The van der Waals surface area contributed by atoms with Gasteiger partial charge in [0, 0.05) is 50.7 Å². The van der Waals surface area contributed by atoms with E-state index in [0.29, 0.717) is 0 Å². The van der Waals surface area contributed by atoms with E-state index >= 15 is 0 Å². The third-order valence-electron chi connectivity index (χ3n) is 4.15. The first kappa shape index (κ1) is 14.2. The number of anilines is 1. The quantitative estimate of drug-likeness (QED) is 0.862. The molecule has 0 aliphatic carbocycles. The van der Waals surface area contributed by atoms with Crippen LogP contribution in [0.2, 0.25) is 0 Å². The molecule has 0 radical (unpaired) electrons. The lowest BCUT2D eigenvalue weighted by Gasteiger charge is -2.39. The molecule has 1 aromatic heterocycles. The van der Waals surface area contributed by atoms with Crippen LogP contribution in [0.5, 0.6) is 0 Å². The van der Waals surface area contributed by atoms with Crippen molar-refractivity contribution in [1.82, 2.24) is 14.9 Å². The predicted molar refractivity (Wildman–Crippen MR) is 78.2 cm³/mol. The lowest BCUT2D eigenvalue weighted by atomic mass is 9.93. The third kappa shape index (κ3) is 3.64. The second-order valence-corrected chi connectivity index (χ2v) is 5.38. The molecule has 0 amide bonds. The molecule has 2 N–H and O–H groups in total. The van der Waals surface area contributed by atoms with Gasteiger partial charge < -0.3 is 10.6 Å². The number of hydrogen-bond acceptors (Lipinski definition) is 5. The molecule has 0 spiro atoms. The Bertz CT molecular complexity index is 369.